The average molecular weight is 196 g/mol. The number of hydrogen-bond donors (Lipinski definition) is 1. The summed E-state index contributed by atoms with van der Waals surface area (Å²) in [5.74, 6) is 0. The van der Waals surface area contributed by atoms with Crippen molar-refractivity contribution in [1.29, 1.82) is 0 Å². The molecule has 82 valence electrons. The third kappa shape index (κ3) is 2.12. The molecule has 2 aliphatic heterocycles. The van der Waals surface area contributed by atoms with Gasteiger partial charge in [0.2, 0.25) is 0 Å². The van der Waals surface area contributed by atoms with E-state index in [2.05, 4.69) is 24.1 Å². The van der Waals surface area contributed by atoms with Crippen LogP contribution < -0.4 is 5.32 Å². The molecule has 2 heteroatoms. The molecule has 0 bridgehead atoms. The molecule has 1 N–H and O–H groups in total. The first kappa shape index (κ1) is 10.4. The van der Waals surface area contributed by atoms with Gasteiger partial charge in [0.1, 0.15) is 0 Å². The third-order valence-electron chi connectivity index (χ3n) is 3.95. The van der Waals surface area contributed by atoms with E-state index in [1.165, 1.54) is 51.7 Å². The van der Waals surface area contributed by atoms with Crippen molar-refractivity contribution in [2.24, 2.45) is 0 Å². The molecule has 0 aromatic carbocycles. The molecule has 0 saturated carbocycles. The molecule has 2 nitrogen and oxygen atoms in total. The monoisotopic (exact) mass is 196 g/mol. The van der Waals surface area contributed by atoms with Gasteiger partial charge >= 0.3 is 0 Å². The van der Waals surface area contributed by atoms with E-state index < -0.39 is 0 Å². The molecule has 2 aliphatic rings. The molecule has 1 atom stereocenters. The first-order chi connectivity index (χ1) is 6.70. The van der Waals surface area contributed by atoms with E-state index in [-0.39, 0.29) is 0 Å². The first-order valence-electron chi connectivity index (χ1n) is 6.18. The maximum Gasteiger partial charge on any atom is 0.0156 e. The smallest absolute Gasteiger partial charge is 0.0156 e. The van der Waals surface area contributed by atoms with E-state index >= 15 is 0 Å². The van der Waals surface area contributed by atoms with Gasteiger partial charge in [0, 0.05) is 11.6 Å². The predicted molar refractivity (Wildman–Crippen MR) is 60.5 cm³/mol. The van der Waals surface area contributed by atoms with E-state index in [1.54, 1.807) is 0 Å². The second-order valence-corrected chi connectivity index (χ2v) is 5.44. The van der Waals surface area contributed by atoms with Crippen molar-refractivity contribution in [1.82, 2.24) is 10.2 Å². The number of hydrogen-bond acceptors (Lipinski definition) is 2. The standard InChI is InChI=1S/C12H24N2/c1-12(2)7-4-10-14(12)11-5-3-8-13-9-6-11/h11,13H,3-10H2,1-2H3. The minimum atomic E-state index is 0.467. The van der Waals surface area contributed by atoms with Crippen LogP contribution in [0.2, 0.25) is 0 Å². The minimum Gasteiger partial charge on any atom is -0.317 e. The fourth-order valence-electron chi connectivity index (χ4n) is 3.12. The Balaban J connectivity index is 1.98. The fourth-order valence-corrected chi connectivity index (χ4v) is 3.12. The Morgan fingerprint density at radius 1 is 1.14 bits per heavy atom. The Hall–Kier alpha value is -0.0800. The summed E-state index contributed by atoms with van der Waals surface area (Å²) in [6.45, 7) is 8.61. The molecule has 2 saturated heterocycles. The Kier molecular flexibility index (Phi) is 3.13. The Morgan fingerprint density at radius 3 is 2.71 bits per heavy atom. The summed E-state index contributed by atoms with van der Waals surface area (Å²) in [6.07, 6.45) is 6.89. The zero-order valence-corrected chi connectivity index (χ0v) is 9.68. The van der Waals surface area contributed by atoms with Gasteiger partial charge in [-0.15, -0.1) is 0 Å². The van der Waals surface area contributed by atoms with Gasteiger partial charge in [0.25, 0.3) is 0 Å². The van der Waals surface area contributed by atoms with Crippen molar-refractivity contribution in [2.75, 3.05) is 19.6 Å². The van der Waals surface area contributed by atoms with Crippen LogP contribution in [0.1, 0.15) is 46.0 Å². The summed E-state index contributed by atoms with van der Waals surface area (Å²) in [6, 6.07) is 0.850. The molecule has 14 heavy (non-hydrogen) atoms. The zero-order valence-electron chi connectivity index (χ0n) is 9.68. The van der Waals surface area contributed by atoms with E-state index in [0.29, 0.717) is 5.54 Å². The van der Waals surface area contributed by atoms with Gasteiger partial charge in [-0.25, -0.2) is 0 Å². The summed E-state index contributed by atoms with van der Waals surface area (Å²) < 4.78 is 0. The van der Waals surface area contributed by atoms with Crippen LogP contribution in [0.25, 0.3) is 0 Å². The lowest BCUT2D eigenvalue weighted by atomic mass is 9.98. The van der Waals surface area contributed by atoms with Crippen molar-refractivity contribution < 1.29 is 0 Å². The van der Waals surface area contributed by atoms with Crippen molar-refractivity contribution in [3.63, 3.8) is 0 Å². The average Bonchev–Trinajstić information content (AvgIpc) is 2.41. The van der Waals surface area contributed by atoms with E-state index in [0.717, 1.165) is 6.04 Å². The van der Waals surface area contributed by atoms with Crippen LogP contribution >= 0.6 is 0 Å². The molecule has 2 rings (SSSR count). The SMILES string of the molecule is CC1(C)CCCN1C1CCCNCC1. The van der Waals surface area contributed by atoms with Crippen molar-refractivity contribution in [2.45, 2.75) is 57.5 Å². The summed E-state index contributed by atoms with van der Waals surface area (Å²) in [5.41, 5.74) is 0.467. The van der Waals surface area contributed by atoms with Gasteiger partial charge < -0.3 is 5.32 Å². The molecule has 0 aliphatic carbocycles. The number of nitrogens with one attached hydrogen (secondary N) is 1. The molecule has 0 aromatic heterocycles. The summed E-state index contributed by atoms with van der Waals surface area (Å²) >= 11 is 0. The zero-order chi connectivity index (χ0) is 10.0. The van der Waals surface area contributed by atoms with Crippen LogP contribution in [-0.4, -0.2) is 36.1 Å². The first-order valence-corrected chi connectivity index (χ1v) is 6.18. The summed E-state index contributed by atoms with van der Waals surface area (Å²) in [4.78, 5) is 2.76. The second kappa shape index (κ2) is 4.19. The molecule has 1 unspecified atom stereocenters. The quantitative estimate of drug-likeness (QED) is 0.690. The van der Waals surface area contributed by atoms with Crippen LogP contribution in [0.3, 0.4) is 0 Å². The lowest BCUT2D eigenvalue weighted by molar-refractivity contribution is 0.106. The van der Waals surface area contributed by atoms with E-state index in [1.807, 2.05) is 0 Å². The van der Waals surface area contributed by atoms with Crippen molar-refractivity contribution in [3.05, 3.63) is 0 Å². The fraction of sp³-hybridized carbons (Fsp3) is 1.00. The third-order valence-corrected chi connectivity index (χ3v) is 3.95. The van der Waals surface area contributed by atoms with Crippen LogP contribution in [0.4, 0.5) is 0 Å². The number of nitrogens with zero attached hydrogens (tertiary/aromatic N) is 1. The van der Waals surface area contributed by atoms with Crippen LogP contribution in [0.15, 0.2) is 0 Å². The van der Waals surface area contributed by atoms with Crippen LogP contribution in [-0.2, 0) is 0 Å². The minimum absolute atomic E-state index is 0.467. The topological polar surface area (TPSA) is 15.3 Å². The predicted octanol–water partition coefficient (Wildman–Crippen LogP) is 2.00. The van der Waals surface area contributed by atoms with Crippen LogP contribution in [0.5, 0.6) is 0 Å². The molecule has 2 heterocycles. The maximum atomic E-state index is 3.50. The Bertz CT molecular complexity index is 181. The molecule has 0 aromatic rings. The summed E-state index contributed by atoms with van der Waals surface area (Å²) in [7, 11) is 0. The van der Waals surface area contributed by atoms with Gasteiger partial charge in [-0.1, -0.05) is 0 Å². The van der Waals surface area contributed by atoms with Gasteiger partial charge in [0.15, 0.2) is 0 Å². The van der Waals surface area contributed by atoms with Gasteiger partial charge in [-0.05, 0) is 65.6 Å². The second-order valence-electron chi connectivity index (χ2n) is 5.44. The highest BCUT2D eigenvalue weighted by Gasteiger charge is 2.36. The molecular weight excluding hydrogens is 172 g/mol. The lowest BCUT2D eigenvalue weighted by Gasteiger charge is -2.38. The maximum absolute atomic E-state index is 3.50. The van der Waals surface area contributed by atoms with Crippen molar-refractivity contribution in [3.8, 4) is 0 Å². The molecule has 2 fully saturated rings. The highest BCUT2D eigenvalue weighted by atomic mass is 15.2. The Morgan fingerprint density at radius 2 is 2.00 bits per heavy atom. The van der Waals surface area contributed by atoms with Gasteiger partial charge in [0.05, 0.1) is 0 Å². The van der Waals surface area contributed by atoms with E-state index in [9.17, 15) is 0 Å². The van der Waals surface area contributed by atoms with Gasteiger partial charge in [-0.3, -0.25) is 4.90 Å². The number of rotatable bonds is 1. The lowest BCUT2D eigenvalue weighted by Crippen LogP contribution is -2.45. The molecular formula is C12H24N2. The molecule has 0 radical (unpaired) electrons. The molecule has 0 amide bonds. The highest BCUT2D eigenvalue weighted by Crippen LogP contribution is 2.32. The van der Waals surface area contributed by atoms with Crippen LogP contribution in [0, 0.1) is 0 Å². The Labute approximate surface area is 88.1 Å². The number of likely N-dealkylation sites (tertiary alicyclic amines) is 1. The largest absolute Gasteiger partial charge is 0.317 e. The van der Waals surface area contributed by atoms with Gasteiger partial charge in [-0.2, -0.15) is 0 Å². The normalized spacial score (nSPS) is 34.3. The summed E-state index contributed by atoms with van der Waals surface area (Å²) in [5, 5.41) is 3.50. The van der Waals surface area contributed by atoms with Crippen molar-refractivity contribution >= 4 is 0 Å². The van der Waals surface area contributed by atoms with E-state index in [4.69, 9.17) is 0 Å². The molecule has 0 spiro atoms. The highest BCUT2D eigenvalue weighted by molar-refractivity contribution is 4.92.